The molecule has 0 aliphatic rings. The molecule has 0 saturated carbocycles. The van der Waals surface area contributed by atoms with E-state index in [1.54, 1.807) is 0 Å². The highest BCUT2D eigenvalue weighted by Gasteiger charge is 2.34. The maximum absolute atomic E-state index is 13.5. The first-order valence-corrected chi connectivity index (χ1v) is 6.08. The Labute approximate surface area is 113 Å². The van der Waals surface area contributed by atoms with Crippen LogP contribution >= 0.6 is 15.9 Å². The largest absolute Gasteiger partial charge is 0.574 e. The Morgan fingerprint density at radius 3 is 2.58 bits per heavy atom. The molecule has 0 aliphatic heterocycles. The zero-order valence-corrected chi connectivity index (χ0v) is 11.1. The van der Waals surface area contributed by atoms with Crippen molar-refractivity contribution in [2.75, 3.05) is 6.61 Å². The predicted octanol–water partition coefficient (Wildman–Crippen LogP) is 3.19. The Morgan fingerprint density at radius 1 is 1.47 bits per heavy atom. The molecule has 106 valence electrons. The molecule has 0 spiro atoms. The molecule has 0 aromatic carbocycles. The summed E-state index contributed by atoms with van der Waals surface area (Å²) in [5.74, 6) is -3.06. The van der Waals surface area contributed by atoms with E-state index in [1.165, 1.54) is 6.92 Å². The molecule has 0 amide bonds. The Bertz CT molecular complexity index is 479. The number of alkyl halides is 4. The first-order valence-electron chi connectivity index (χ1n) is 4.96. The molecular formula is C10H8BrF4NO3. The van der Waals surface area contributed by atoms with Gasteiger partial charge in [0.05, 0.1) is 12.8 Å². The van der Waals surface area contributed by atoms with Gasteiger partial charge < -0.3 is 9.47 Å². The van der Waals surface area contributed by atoms with Gasteiger partial charge in [0.15, 0.2) is 5.82 Å². The van der Waals surface area contributed by atoms with E-state index in [0.717, 1.165) is 0 Å². The lowest BCUT2D eigenvalue weighted by Gasteiger charge is -2.14. The zero-order chi connectivity index (χ0) is 14.6. The lowest BCUT2D eigenvalue weighted by molar-refractivity contribution is -0.276. The van der Waals surface area contributed by atoms with Gasteiger partial charge in [0.2, 0.25) is 5.88 Å². The van der Waals surface area contributed by atoms with E-state index < -0.39 is 29.6 Å². The molecule has 0 bridgehead atoms. The van der Waals surface area contributed by atoms with E-state index in [-0.39, 0.29) is 17.5 Å². The predicted molar refractivity (Wildman–Crippen MR) is 59.5 cm³/mol. The van der Waals surface area contributed by atoms with Gasteiger partial charge in [-0.25, -0.2) is 14.2 Å². The molecule has 0 radical (unpaired) electrons. The number of carbonyl (C=O) groups excluding carboxylic acids is 1. The quantitative estimate of drug-likeness (QED) is 0.477. The van der Waals surface area contributed by atoms with E-state index in [9.17, 15) is 22.4 Å². The van der Waals surface area contributed by atoms with Gasteiger partial charge in [-0.15, -0.1) is 13.2 Å². The van der Waals surface area contributed by atoms with E-state index in [4.69, 9.17) is 0 Å². The van der Waals surface area contributed by atoms with Gasteiger partial charge in [0.25, 0.3) is 0 Å². The number of hydrogen-bond acceptors (Lipinski definition) is 4. The van der Waals surface area contributed by atoms with Crippen molar-refractivity contribution in [3.8, 4) is 5.88 Å². The molecule has 19 heavy (non-hydrogen) atoms. The van der Waals surface area contributed by atoms with Gasteiger partial charge in [-0.3, -0.25) is 0 Å². The fraction of sp³-hybridized carbons (Fsp3) is 0.400. The summed E-state index contributed by atoms with van der Waals surface area (Å²) in [5.41, 5.74) is -0.997. The zero-order valence-electron chi connectivity index (χ0n) is 9.55. The normalized spacial score (nSPS) is 11.3. The summed E-state index contributed by atoms with van der Waals surface area (Å²) in [6, 6.07) is 0. The van der Waals surface area contributed by atoms with E-state index >= 15 is 0 Å². The maximum atomic E-state index is 13.5. The van der Waals surface area contributed by atoms with Crippen molar-refractivity contribution in [2.24, 2.45) is 0 Å². The van der Waals surface area contributed by atoms with Crippen LogP contribution in [0.15, 0.2) is 6.20 Å². The third kappa shape index (κ3) is 4.05. The summed E-state index contributed by atoms with van der Waals surface area (Å²) in [6.45, 7) is 1.44. The molecule has 9 heteroatoms. The number of hydrogen-bond donors (Lipinski definition) is 0. The van der Waals surface area contributed by atoms with Crippen molar-refractivity contribution < 1.29 is 31.8 Å². The van der Waals surface area contributed by atoms with Crippen molar-refractivity contribution in [3.05, 3.63) is 23.1 Å². The minimum atomic E-state index is -4.99. The number of halogens is 5. The number of esters is 1. The molecule has 0 aliphatic carbocycles. The van der Waals surface area contributed by atoms with Crippen LogP contribution in [0.3, 0.4) is 0 Å². The van der Waals surface area contributed by atoms with Crippen molar-refractivity contribution in [1.29, 1.82) is 0 Å². The standard InChI is InChI=1S/C10H8BrF4NO3/c1-2-18-9(17)7-5(3-11)8(16-4-6(7)12)19-10(13,14)15/h4H,2-3H2,1H3. The highest BCUT2D eigenvalue weighted by atomic mass is 79.9. The SMILES string of the molecule is CCOC(=O)c1c(F)cnc(OC(F)(F)F)c1CBr. The Kier molecular flexibility index (Phi) is 5.10. The van der Waals surface area contributed by atoms with Crippen LogP contribution in [0.4, 0.5) is 17.6 Å². The van der Waals surface area contributed by atoms with Crippen molar-refractivity contribution in [3.63, 3.8) is 0 Å². The number of aromatic nitrogens is 1. The van der Waals surface area contributed by atoms with Crippen molar-refractivity contribution >= 4 is 21.9 Å². The van der Waals surface area contributed by atoms with Gasteiger partial charge in [0, 0.05) is 10.9 Å². The smallest absolute Gasteiger partial charge is 0.462 e. The molecule has 0 fully saturated rings. The number of ether oxygens (including phenoxy) is 2. The monoisotopic (exact) mass is 345 g/mol. The fourth-order valence-corrected chi connectivity index (χ4v) is 1.77. The second-order valence-corrected chi connectivity index (χ2v) is 3.73. The lowest BCUT2D eigenvalue weighted by atomic mass is 10.1. The Morgan fingerprint density at radius 2 is 2.11 bits per heavy atom. The second-order valence-electron chi connectivity index (χ2n) is 3.17. The first-order chi connectivity index (χ1) is 8.80. The van der Waals surface area contributed by atoms with E-state index in [2.05, 4.69) is 30.4 Å². The summed E-state index contributed by atoms with van der Waals surface area (Å²) in [7, 11) is 0. The molecule has 1 aromatic heterocycles. The van der Waals surface area contributed by atoms with E-state index in [1.807, 2.05) is 0 Å². The minimum absolute atomic E-state index is 0.0439. The molecule has 0 saturated heterocycles. The summed E-state index contributed by atoms with van der Waals surface area (Å²) in [5, 5.41) is -0.253. The molecule has 0 N–H and O–H groups in total. The number of pyridine rings is 1. The van der Waals surface area contributed by atoms with Crippen LogP contribution in [0.25, 0.3) is 0 Å². The van der Waals surface area contributed by atoms with Gasteiger partial charge in [-0.05, 0) is 6.92 Å². The van der Waals surface area contributed by atoms with Crippen molar-refractivity contribution in [2.45, 2.75) is 18.6 Å². The molecule has 1 heterocycles. The first kappa shape index (κ1) is 15.7. The number of nitrogens with zero attached hydrogens (tertiary/aromatic N) is 1. The van der Waals surface area contributed by atoms with Gasteiger partial charge in [0.1, 0.15) is 5.56 Å². The van der Waals surface area contributed by atoms with Crippen LogP contribution in [0.5, 0.6) is 5.88 Å². The number of rotatable bonds is 4. The topological polar surface area (TPSA) is 48.4 Å². The minimum Gasteiger partial charge on any atom is -0.462 e. The van der Waals surface area contributed by atoms with Crippen LogP contribution in [0, 0.1) is 5.82 Å². The summed E-state index contributed by atoms with van der Waals surface area (Å²) >= 11 is 2.86. The summed E-state index contributed by atoms with van der Waals surface area (Å²) < 4.78 is 58.2. The van der Waals surface area contributed by atoms with E-state index in [0.29, 0.717) is 6.20 Å². The van der Waals surface area contributed by atoms with Gasteiger partial charge in [-0.2, -0.15) is 0 Å². The summed E-state index contributed by atoms with van der Waals surface area (Å²) in [6.07, 6.45) is -4.52. The van der Waals surface area contributed by atoms with Crippen LogP contribution < -0.4 is 4.74 Å². The maximum Gasteiger partial charge on any atom is 0.574 e. The highest BCUT2D eigenvalue weighted by Crippen LogP contribution is 2.29. The average molecular weight is 346 g/mol. The lowest BCUT2D eigenvalue weighted by Crippen LogP contribution is -2.21. The molecule has 1 rings (SSSR count). The van der Waals surface area contributed by atoms with Crippen molar-refractivity contribution in [1.82, 2.24) is 4.98 Å². The second kappa shape index (κ2) is 6.18. The molecule has 0 atom stereocenters. The Hall–Kier alpha value is -1.38. The van der Waals surface area contributed by atoms with Gasteiger partial charge in [-0.1, -0.05) is 15.9 Å². The van der Waals surface area contributed by atoms with Crippen LogP contribution in [-0.4, -0.2) is 23.9 Å². The average Bonchev–Trinajstić information content (AvgIpc) is 2.29. The number of carbonyl (C=O) groups is 1. The third-order valence-corrected chi connectivity index (χ3v) is 2.48. The summed E-state index contributed by atoms with van der Waals surface area (Å²) in [4.78, 5) is 14.7. The fourth-order valence-electron chi connectivity index (χ4n) is 1.25. The highest BCUT2D eigenvalue weighted by molar-refractivity contribution is 9.08. The van der Waals surface area contributed by atoms with Gasteiger partial charge >= 0.3 is 12.3 Å². The molecule has 1 aromatic rings. The third-order valence-electron chi connectivity index (χ3n) is 1.92. The van der Waals surface area contributed by atoms with Crippen LogP contribution in [-0.2, 0) is 10.1 Å². The van der Waals surface area contributed by atoms with Crippen LogP contribution in [0.1, 0.15) is 22.8 Å². The van der Waals surface area contributed by atoms with Crippen LogP contribution in [0.2, 0.25) is 0 Å². The molecular weight excluding hydrogens is 338 g/mol. The molecule has 4 nitrogen and oxygen atoms in total. The molecule has 0 unspecified atom stereocenters. The Balaban J connectivity index is 3.29.